The molecule has 9 heteroatoms. The zero-order valence-corrected chi connectivity index (χ0v) is 12.0. The Bertz CT molecular complexity index is 630. The fourth-order valence-electron chi connectivity index (χ4n) is 1.45. The lowest BCUT2D eigenvalue weighted by atomic mass is 10.1. The van der Waals surface area contributed by atoms with Gasteiger partial charge >= 0.3 is 5.69 Å². The highest BCUT2D eigenvalue weighted by molar-refractivity contribution is 7.89. The van der Waals surface area contributed by atoms with E-state index < -0.39 is 43.5 Å². The van der Waals surface area contributed by atoms with Crippen LogP contribution in [0.1, 0.15) is 13.8 Å². The third-order valence-corrected chi connectivity index (χ3v) is 5.11. The lowest BCUT2D eigenvalue weighted by Crippen LogP contribution is -2.47. The summed E-state index contributed by atoms with van der Waals surface area (Å²) < 4.78 is 39.0. The summed E-state index contributed by atoms with van der Waals surface area (Å²) in [6, 6.07) is 2.85. The molecule has 7 nitrogen and oxygen atoms in total. The minimum absolute atomic E-state index is 0.494. The molecule has 1 N–H and O–H groups in total. The van der Waals surface area contributed by atoms with Gasteiger partial charge in [0.15, 0.2) is 4.90 Å². The van der Waals surface area contributed by atoms with E-state index in [9.17, 15) is 28.0 Å². The molecule has 0 aliphatic heterocycles. The Morgan fingerprint density at radius 3 is 2.45 bits per heavy atom. The van der Waals surface area contributed by atoms with Gasteiger partial charge in [-0.15, -0.1) is 0 Å². The first-order valence-electron chi connectivity index (χ1n) is 5.58. The second-order valence-electron chi connectivity index (χ2n) is 4.79. The van der Waals surface area contributed by atoms with E-state index in [-0.39, 0.29) is 0 Å². The first-order chi connectivity index (χ1) is 9.05. The van der Waals surface area contributed by atoms with Gasteiger partial charge in [0.1, 0.15) is 0 Å². The molecule has 0 bridgehead atoms. The highest BCUT2D eigenvalue weighted by Crippen LogP contribution is 2.31. The maximum atomic E-state index is 13.5. The zero-order chi connectivity index (χ0) is 15.7. The van der Waals surface area contributed by atoms with Crippen LogP contribution in [0, 0.1) is 15.9 Å². The Labute approximate surface area is 115 Å². The number of benzene rings is 1. The number of rotatable bonds is 5. The lowest BCUT2D eigenvalue weighted by molar-refractivity contribution is -0.390. The molecule has 0 amide bonds. The number of nitrogens with zero attached hydrogens (tertiary/aromatic N) is 2. The lowest BCUT2D eigenvalue weighted by Gasteiger charge is -2.32. The molecule has 0 aliphatic rings. The largest absolute Gasteiger partial charge is 0.394 e. The number of likely N-dealkylation sites (N-methyl/N-ethyl adjacent to an activating group) is 1. The summed E-state index contributed by atoms with van der Waals surface area (Å²) in [5, 5.41) is 20.1. The van der Waals surface area contributed by atoms with Gasteiger partial charge in [-0.3, -0.25) is 10.1 Å². The van der Waals surface area contributed by atoms with Crippen molar-refractivity contribution in [2.24, 2.45) is 0 Å². The van der Waals surface area contributed by atoms with Gasteiger partial charge in [-0.2, -0.15) is 8.70 Å². The van der Waals surface area contributed by atoms with Gasteiger partial charge in [-0.05, 0) is 26.0 Å². The normalized spacial score (nSPS) is 12.7. The van der Waals surface area contributed by atoms with E-state index in [1.165, 1.54) is 20.9 Å². The van der Waals surface area contributed by atoms with Crippen molar-refractivity contribution in [2.45, 2.75) is 24.3 Å². The predicted molar refractivity (Wildman–Crippen MR) is 69.2 cm³/mol. The number of sulfonamides is 1. The molecule has 1 aromatic carbocycles. The molecule has 0 unspecified atom stereocenters. The van der Waals surface area contributed by atoms with Crippen molar-refractivity contribution in [3.8, 4) is 0 Å². The maximum absolute atomic E-state index is 13.5. The summed E-state index contributed by atoms with van der Waals surface area (Å²) >= 11 is 0. The van der Waals surface area contributed by atoms with Crippen LogP contribution in [0.4, 0.5) is 10.1 Å². The van der Waals surface area contributed by atoms with Crippen molar-refractivity contribution in [3.63, 3.8) is 0 Å². The van der Waals surface area contributed by atoms with E-state index in [4.69, 9.17) is 0 Å². The highest BCUT2D eigenvalue weighted by Gasteiger charge is 2.38. The molecule has 112 valence electrons. The van der Waals surface area contributed by atoms with Crippen molar-refractivity contribution >= 4 is 15.7 Å². The van der Waals surface area contributed by atoms with E-state index >= 15 is 0 Å². The van der Waals surface area contributed by atoms with Gasteiger partial charge in [0, 0.05) is 7.05 Å². The van der Waals surface area contributed by atoms with Gasteiger partial charge in [-0.25, -0.2) is 8.42 Å². The number of hydrogen-bond donors (Lipinski definition) is 1. The molecule has 1 rings (SSSR count). The van der Waals surface area contributed by atoms with Gasteiger partial charge in [0.25, 0.3) is 0 Å². The van der Waals surface area contributed by atoms with E-state index in [2.05, 4.69) is 0 Å². The molecule has 0 fully saturated rings. The first kappa shape index (κ1) is 16.5. The van der Waals surface area contributed by atoms with Gasteiger partial charge in [0.05, 0.1) is 17.1 Å². The number of aliphatic hydroxyl groups excluding tert-OH is 1. The molecule has 0 heterocycles. The number of para-hydroxylation sites is 1. The van der Waals surface area contributed by atoms with Crippen LogP contribution < -0.4 is 0 Å². The number of nitro benzene ring substituents is 1. The third kappa shape index (κ3) is 2.79. The van der Waals surface area contributed by atoms with Crippen molar-refractivity contribution < 1.29 is 22.8 Å². The van der Waals surface area contributed by atoms with Crippen molar-refractivity contribution in [1.29, 1.82) is 0 Å². The number of aliphatic hydroxyl groups is 1. The standard InChI is InChI=1S/C11H15FN2O5S/c1-11(2,7-15)13(3)20(18,19)9-6-4-5-8(12)10(9)14(16)17/h4-6,15H,7H2,1-3H3. The van der Waals surface area contributed by atoms with Crippen LogP contribution in [0.15, 0.2) is 23.1 Å². The van der Waals surface area contributed by atoms with Crippen LogP contribution >= 0.6 is 0 Å². The SMILES string of the molecule is CN(C(C)(C)CO)S(=O)(=O)c1cccc(F)c1[N+](=O)[O-]. The Balaban J connectivity index is 3.52. The quantitative estimate of drug-likeness (QED) is 0.649. The van der Waals surface area contributed by atoms with Gasteiger partial charge in [-0.1, -0.05) is 6.07 Å². The average Bonchev–Trinajstić information content (AvgIpc) is 2.36. The molecule has 0 aliphatic carbocycles. The molecule has 0 saturated heterocycles. The maximum Gasteiger partial charge on any atom is 0.324 e. The molecule has 0 spiro atoms. The summed E-state index contributed by atoms with van der Waals surface area (Å²) in [6.07, 6.45) is 0. The predicted octanol–water partition coefficient (Wildman–Crippen LogP) is 1.13. The molecule has 0 saturated carbocycles. The number of nitro groups is 1. The summed E-state index contributed by atoms with van der Waals surface area (Å²) in [6.45, 7) is 2.39. The zero-order valence-electron chi connectivity index (χ0n) is 11.2. The second kappa shape index (κ2) is 5.43. The van der Waals surface area contributed by atoms with Crippen LogP contribution in [-0.2, 0) is 10.0 Å². The van der Waals surface area contributed by atoms with Crippen LogP contribution in [0.3, 0.4) is 0 Å². The van der Waals surface area contributed by atoms with Crippen molar-refractivity contribution in [1.82, 2.24) is 4.31 Å². The Morgan fingerprint density at radius 2 is 2.00 bits per heavy atom. The smallest absolute Gasteiger partial charge is 0.324 e. The van der Waals surface area contributed by atoms with Crippen LogP contribution in [0.25, 0.3) is 0 Å². The Hall–Kier alpha value is -1.58. The molecular weight excluding hydrogens is 291 g/mol. The molecule has 20 heavy (non-hydrogen) atoms. The van der Waals surface area contributed by atoms with E-state index in [0.29, 0.717) is 0 Å². The fourth-order valence-corrected chi connectivity index (χ4v) is 3.12. The average molecular weight is 306 g/mol. The number of halogens is 1. The molecule has 1 aromatic rings. The van der Waals surface area contributed by atoms with Crippen LogP contribution in [0.5, 0.6) is 0 Å². The van der Waals surface area contributed by atoms with E-state index in [1.807, 2.05) is 0 Å². The van der Waals surface area contributed by atoms with Gasteiger partial charge in [0.2, 0.25) is 15.8 Å². The summed E-state index contributed by atoms with van der Waals surface area (Å²) in [4.78, 5) is 9.04. The molecule has 0 aromatic heterocycles. The first-order valence-corrected chi connectivity index (χ1v) is 7.02. The minimum Gasteiger partial charge on any atom is -0.394 e. The topological polar surface area (TPSA) is 101 Å². The van der Waals surface area contributed by atoms with Crippen LogP contribution in [-0.4, -0.2) is 41.9 Å². The van der Waals surface area contributed by atoms with E-state index in [1.54, 1.807) is 0 Å². The van der Waals surface area contributed by atoms with Crippen molar-refractivity contribution in [3.05, 3.63) is 34.1 Å². The van der Waals surface area contributed by atoms with Crippen molar-refractivity contribution in [2.75, 3.05) is 13.7 Å². The highest BCUT2D eigenvalue weighted by atomic mass is 32.2. The summed E-state index contributed by atoms with van der Waals surface area (Å²) in [5.74, 6) is -1.23. The Kier molecular flexibility index (Phi) is 4.47. The van der Waals surface area contributed by atoms with Crippen LogP contribution in [0.2, 0.25) is 0 Å². The number of hydrogen-bond acceptors (Lipinski definition) is 5. The second-order valence-corrected chi connectivity index (χ2v) is 6.72. The molecular formula is C11H15FN2O5S. The van der Waals surface area contributed by atoms with Gasteiger partial charge < -0.3 is 5.11 Å². The fraction of sp³-hybridized carbons (Fsp3) is 0.455. The third-order valence-electron chi connectivity index (χ3n) is 3.01. The molecule has 0 atom stereocenters. The minimum atomic E-state index is -4.32. The summed E-state index contributed by atoms with van der Waals surface area (Å²) in [5.41, 5.74) is -2.29. The summed E-state index contributed by atoms with van der Waals surface area (Å²) in [7, 11) is -3.15. The molecule has 0 radical (unpaired) electrons. The Morgan fingerprint density at radius 1 is 1.45 bits per heavy atom. The monoisotopic (exact) mass is 306 g/mol. The van der Waals surface area contributed by atoms with E-state index in [0.717, 1.165) is 22.5 Å².